The third-order valence-electron chi connectivity index (χ3n) is 1.95. The molecule has 0 aromatic heterocycles. The number of terminal acetylenes is 1. The second-order valence-electron chi connectivity index (χ2n) is 3.27. The normalized spacial score (nSPS) is 9.33. The standard InChI is InChI=1S/C12H11ClN2O3/c1-2-5-15-11(16)7-18-10-4-3-8(13)6-9(10)12(14)17/h1,3-4,6H,5,7H2,(H2,14,17)(H,15,16). The quantitative estimate of drug-likeness (QED) is 0.765. The second kappa shape index (κ2) is 6.52. The van der Waals surface area contributed by atoms with Gasteiger partial charge < -0.3 is 15.8 Å². The predicted octanol–water partition coefficient (Wildman–Crippen LogP) is 0.567. The van der Waals surface area contributed by atoms with Crippen molar-refractivity contribution in [1.29, 1.82) is 0 Å². The molecule has 0 spiro atoms. The van der Waals surface area contributed by atoms with E-state index in [0.29, 0.717) is 5.02 Å². The van der Waals surface area contributed by atoms with E-state index in [9.17, 15) is 9.59 Å². The first-order valence-corrected chi connectivity index (χ1v) is 5.34. The molecular weight excluding hydrogens is 256 g/mol. The van der Waals surface area contributed by atoms with E-state index in [-0.39, 0.29) is 24.5 Å². The summed E-state index contributed by atoms with van der Waals surface area (Å²) in [5.41, 5.74) is 5.28. The number of halogens is 1. The number of carbonyl (C=O) groups excluding carboxylic acids is 2. The largest absolute Gasteiger partial charge is 0.483 e. The molecule has 1 rings (SSSR count). The van der Waals surface area contributed by atoms with Gasteiger partial charge in [-0.1, -0.05) is 17.5 Å². The molecule has 0 aliphatic rings. The van der Waals surface area contributed by atoms with E-state index in [1.165, 1.54) is 18.2 Å². The Balaban J connectivity index is 2.70. The minimum absolute atomic E-state index is 0.117. The van der Waals surface area contributed by atoms with Crippen LogP contribution in [0.1, 0.15) is 10.4 Å². The highest BCUT2D eigenvalue weighted by Gasteiger charge is 2.11. The lowest BCUT2D eigenvalue weighted by Gasteiger charge is -2.09. The first kappa shape index (κ1) is 13.9. The summed E-state index contributed by atoms with van der Waals surface area (Å²) in [6.45, 7) is -0.144. The fraction of sp³-hybridized carbons (Fsp3) is 0.167. The van der Waals surface area contributed by atoms with Gasteiger partial charge in [-0.3, -0.25) is 9.59 Å². The zero-order valence-corrected chi connectivity index (χ0v) is 10.2. The van der Waals surface area contributed by atoms with Crippen LogP contribution < -0.4 is 15.8 Å². The Kier molecular flexibility index (Phi) is 5.03. The molecule has 2 amide bonds. The van der Waals surface area contributed by atoms with E-state index < -0.39 is 11.8 Å². The molecule has 18 heavy (non-hydrogen) atoms. The average molecular weight is 267 g/mol. The molecule has 0 saturated heterocycles. The van der Waals surface area contributed by atoms with Crippen molar-refractivity contribution in [3.8, 4) is 18.1 Å². The molecule has 0 atom stereocenters. The topological polar surface area (TPSA) is 81.4 Å². The van der Waals surface area contributed by atoms with E-state index in [2.05, 4.69) is 11.2 Å². The smallest absolute Gasteiger partial charge is 0.258 e. The Bertz CT molecular complexity index is 509. The van der Waals surface area contributed by atoms with Gasteiger partial charge in [-0.15, -0.1) is 6.42 Å². The van der Waals surface area contributed by atoms with Crippen molar-refractivity contribution in [3.05, 3.63) is 28.8 Å². The first-order chi connectivity index (χ1) is 8.54. The fourth-order valence-electron chi connectivity index (χ4n) is 1.16. The minimum Gasteiger partial charge on any atom is -0.483 e. The van der Waals surface area contributed by atoms with E-state index in [1.54, 1.807) is 0 Å². The van der Waals surface area contributed by atoms with Gasteiger partial charge in [0, 0.05) is 5.02 Å². The maximum atomic E-state index is 11.2. The van der Waals surface area contributed by atoms with Crippen molar-refractivity contribution in [2.75, 3.05) is 13.2 Å². The third-order valence-corrected chi connectivity index (χ3v) is 2.19. The molecule has 0 aliphatic heterocycles. The SMILES string of the molecule is C#CCNC(=O)COc1ccc(Cl)cc1C(N)=O. The summed E-state index contributed by atoms with van der Waals surface area (Å²) in [4.78, 5) is 22.4. The van der Waals surface area contributed by atoms with Crippen LogP contribution in [-0.2, 0) is 4.79 Å². The number of rotatable bonds is 5. The van der Waals surface area contributed by atoms with Gasteiger partial charge in [0.15, 0.2) is 6.61 Å². The molecule has 0 fully saturated rings. The number of nitrogens with two attached hydrogens (primary N) is 1. The Hall–Kier alpha value is -2.19. The maximum Gasteiger partial charge on any atom is 0.258 e. The lowest BCUT2D eigenvalue weighted by molar-refractivity contribution is -0.122. The Labute approximate surface area is 109 Å². The summed E-state index contributed by atoms with van der Waals surface area (Å²) < 4.78 is 5.17. The van der Waals surface area contributed by atoms with Crippen LogP contribution >= 0.6 is 11.6 Å². The number of benzene rings is 1. The summed E-state index contributed by atoms with van der Waals surface area (Å²) in [5, 5.41) is 2.77. The lowest BCUT2D eigenvalue weighted by atomic mass is 10.2. The molecule has 0 unspecified atom stereocenters. The number of amides is 2. The molecular formula is C12H11ClN2O3. The van der Waals surface area contributed by atoms with Crippen LogP contribution in [0, 0.1) is 12.3 Å². The highest BCUT2D eigenvalue weighted by molar-refractivity contribution is 6.31. The summed E-state index contributed by atoms with van der Waals surface area (Å²) in [7, 11) is 0. The van der Waals surface area contributed by atoms with Gasteiger partial charge in [-0.2, -0.15) is 0 Å². The molecule has 1 aromatic carbocycles. The van der Waals surface area contributed by atoms with Crippen molar-refractivity contribution in [1.82, 2.24) is 5.32 Å². The van der Waals surface area contributed by atoms with Crippen LogP contribution in [0.5, 0.6) is 5.75 Å². The lowest BCUT2D eigenvalue weighted by Crippen LogP contribution is -2.29. The fourth-order valence-corrected chi connectivity index (χ4v) is 1.34. The van der Waals surface area contributed by atoms with Crippen LogP contribution in [0.4, 0.5) is 0 Å². The van der Waals surface area contributed by atoms with Crippen LogP contribution in [0.25, 0.3) is 0 Å². The van der Waals surface area contributed by atoms with Gasteiger partial charge in [0.25, 0.3) is 11.8 Å². The maximum absolute atomic E-state index is 11.2. The van der Waals surface area contributed by atoms with E-state index in [1.807, 2.05) is 0 Å². The molecule has 0 bridgehead atoms. The number of carbonyl (C=O) groups is 2. The molecule has 0 aliphatic carbocycles. The number of primary amides is 1. The molecule has 0 saturated carbocycles. The summed E-state index contributed by atoms with van der Waals surface area (Å²) >= 11 is 5.73. The highest BCUT2D eigenvalue weighted by atomic mass is 35.5. The van der Waals surface area contributed by atoms with Gasteiger partial charge in [0.05, 0.1) is 12.1 Å². The van der Waals surface area contributed by atoms with Crippen molar-refractivity contribution in [2.24, 2.45) is 5.73 Å². The Morgan fingerprint density at radius 2 is 2.22 bits per heavy atom. The predicted molar refractivity (Wildman–Crippen MR) is 67.3 cm³/mol. The summed E-state index contributed by atoms with van der Waals surface area (Å²) in [6.07, 6.45) is 4.98. The number of hydrogen-bond donors (Lipinski definition) is 2. The summed E-state index contributed by atoms with van der Waals surface area (Å²) in [5.74, 6) is 1.38. The average Bonchev–Trinajstić information content (AvgIpc) is 2.34. The Morgan fingerprint density at radius 1 is 1.50 bits per heavy atom. The van der Waals surface area contributed by atoms with Crippen LogP contribution in [0.3, 0.4) is 0 Å². The van der Waals surface area contributed by atoms with Gasteiger partial charge in [-0.05, 0) is 18.2 Å². The first-order valence-electron chi connectivity index (χ1n) is 4.97. The van der Waals surface area contributed by atoms with Crippen LogP contribution in [0.15, 0.2) is 18.2 Å². The van der Waals surface area contributed by atoms with Gasteiger partial charge in [0.2, 0.25) is 0 Å². The molecule has 94 valence electrons. The molecule has 3 N–H and O–H groups in total. The molecule has 0 radical (unpaired) electrons. The van der Waals surface area contributed by atoms with Crippen molar-refractivity contribution >= 4 is 23.4 Å². The molecule has 6 heteroatoms. The zero-order chi connectivity index (χ0) is 13.5. The monoisotopic (exact) mass is 266 g/mol. The highest BCUT2D eigenvalue weighted by Crippen LogP contribution is 2.22. The summed E-state index contributed by atoms with van der Waals surface area (Å²) in [6, 6.07) is 4.37. The van der Waals surface area contributed by atoms with Gasteiger partial charge >= 0.3 is 0 Å². The van der Waals surface area contributed by atoms with Crippen molar-refractivity contribution in [3.63, 3.8) is 0 Å². The van der Waals surface area contributed by atoms with Crippen LogP contribution in [0.2, 0.25) is 5.02 Å². The minimum atomic E-state index is -0.684. The van der Waals surface area contributed by atoms with E-state index in [4.69, 9.17) is 28.5 Å². The molecule has 0 heterocycles. The second-order valence-corrected chi connectivity index (χ2v) is 3.71. The number of nitrogens with one attached hydrogen (secondary N) is 1. The van der Waals surface area contributed by atoms with Crippen molar-refractivity contribution < 1.29 is 14.3 Å². The zero-order valence-electron chi connectivity index (χ0n) is 9.40. The van der Waals surface area contributed by atoms with E-state index in [0.717, 1.165) is 0 Å². The van der Waals surface area contributed by atoms with Crippen molar-refractivity contribution in [2.45, 2.75) is 0 Å². The Morgan fingerprint density at radius 3 is 2.83 bits per heavy atom. The molecule has 5 nitrogen and oxygen atoms in total. The number of hydrogen-bond acceptors (Lipinski definition) is 3. The third kappa shape index (κ3) is 4.00. The van der Waals surface area contributed by atoms with Gasteiger partial charge in [0.1, 0.15) is 5.75 Å². The van der Waals surface area contributed by atoms with Crippen LogP contribution in [-0.4, -0.2) is 25.0 Å². The van der Waals surface area contributed by atoms with Gasteiger partial charge in [-0.25, -0.2) is 0 Å². The number of ether oxygens (including phenoxy) is 1. The van der Waals surface area contributed by atoms with E-state index >= 15 is 0 Å². The molecule has 1 aromatic rings.